The average Bonchev–Trinajstić information content (AvgIpc) is 2.20. The van der Waals surface area contributed by atoms with Crippen molar-refractivity contribution >= 4 is 5.97 Å². The molecule has 0 amide bonds. The van der Waals surface area contributed by atoms with Gasteiger partial charge in [0.05, 0.1) is 12.5 Å². The number of aliphatic carboxylic acids is 1. The fourth-order valence-corrected chi connectivity index (χ4v) is 1.43. The van der Waals surface area contributed by atoms with Gasteiger partial charge in [0.25, 0.3) is 0 Å². The number of rotatable bonds is 5. The van der Waals surface area contributed by atoms with E-state index in [9.17, 15) is 4.79 Å². The molecule has 0 fully saturated rings. The number of ether oxygens (including phenoxy) is 1. The van der Waals surface area contributed by atoms with E-state index >= 15 is 0 Å². The Morgan fingerprint density at radius 3 is 2.47 bits per heavy atom. The smallest absolute Gasteiger partial charge is 0.309 e. The first kappa shape index (κ1) is 11.7. The second-order valence-electron chi connectivity index (χ2n) is 3.68. The normalized spacial score (nSPS) is 12.4. The van der Waals surface area contributed by atoms with Crippen LogP contribution in [0.1, 0.15) is 11.1 Å². The zero-order valence-corrected chi connectivity index (χ0v) is 9.06. The molecule has 0 aliphatic rings. The van der Waals surface area contributed by atoms with Gasteiger partial charge in [-0.05, 0) is 18.9 Å². The van der Waals surface area contributed by atoms with E-state index in [2.05, 4.69) is 0 Å². The molecule has 1 aromatic rings. The van der Waals surface area contributed by atoms with Gasteiger partial charge in [-0.25, -0.2) is 0 Å². The predicted octanol–water partition coefficient (Wildman–Crippen LogP) is 1.88. The lowest BCUT2D eigenvalue weighted by atomic mass is 9.99. The minimum absolute atomic E-state index is 0.253. The first-order valence-electron chi connectivity index (χ1n) is 4.90. The molecule has 0 radical (unpaired) electrons. The predicted molar refractivity (Wildman–Crippen MR) is 57.9 cm³/mol. The molecule has 1 atom stereocenters. The Hall–Kier alpha value is -1.35. The van der Waals surface area contributed by atoms with Gasteiger partial charge in [-0.3, -0.25) is 4.79 Å². The van der Waals surface area contributed by atoms with Gasteiger partial charge >= 0.3 is 5.97 Å². The maximum atomic E-state index is 10.9. The summed E-state index contributed by atoms with van der Waals surface area (Å²) in [6.45, 7) is 2.26. The zero-order valence-electron chi connectivity index (χ0n) is 9.06. The summed E-state index contributed by atoms with van der Waals surface area (Å²) in [6, 6.07) is 7.89. The van der Waals surface area contributed by atoms with E-state index in [4.69, 9.17) is 9.84 Å². The van der Waals surface area contributed by atoms with E-state index in [-0.39, 0.29) is 6.61 Å². The molecule has 15 heavy (non-hydrogen) atoms. The Morgan fingerprint density at radius 2 is 2.00 bits per heavy atom. The minimum atomic E-state index is -0.808. The monoisotopic (exact) mass is 208 g/mol. The minimum Gasteiger partial charge on any atom is -0.481 e. The molecule has 1 unspecified atom stereocenters. The quantitative estimate of drug-likeness (QED) is 0.803. The van der Waals surface area contributed by atoms with Crippen molar-refractivity contribution in [2.45, 2.75) is 13.3 Å². The summed E-state index contributed by atoms with van der Waals surface area (Å²) in [5.41, 5.74) is 2.21. The molecule has 0 spiro atoms. The second-order valence-corrected chi connectivity index (χ2v) is 3.68. The lowest BCUT2D eigenvalue weighted by molar-refractivity contribution is -0.143. The van der Waals surface area contributed by atoms with Crippen molar-refractivity contribution < 1.29 is 14.6 Å². The third-order valence-corrected chi connectivity index (χ3v) is 2.32. The van der Waals surface area contributed by atoms with Crippen LogP contribution in [0.4, 0.5) is 0 Å². The van der Waals surface area contributed by atoms with Gasteiger partial charge in [0.1, 0.15) is 0 Å². The van der Waals surface area contributed by atoms with Crippen LogP contribution >= 0.6 is 0 Å². The number of methoxy groups -OCH3 is 1. The third-order valence-electron chi connectivity index (χ3n) is 2.32. The number of aryl methyl sites for hydroxylation is 1. The molecule has 1 rings (SSSR count). The van der Waals surface area contributed by atoms with E-state index < -0.39 is 11.9 Å². The van der Waals surface area contributed by atoms with Gasteiger partial charge in [0.15, 0.2) is 0 Å². The average molecular weight is 208 g/mol. The molecule has 82 valence electrons. The largest absolute Gasteiger partial charge is 0.481 e. The molecular weight excluding hydrogens is 192 g/mol. The van der Waals surface area contributed by atoms with E-state index in [1.165, 1.54) is 12.7 Å². The van der Waals surface area contributed by atoms with Gasteiger partial charge in [-0.1, -0.05) is 29.8 Å². The van der Waals surface area contributed by atoms with E-state index in [0.29, 0.717) is 6.42 Å². The summed E-state index contributed by atoms with van der Waals surface area (Å²) < 4.78 is 4.88. The van der Waals surface area contributed by atoms with Gasteiger partial charge in [-0.15, -0.1) is 0 Å². The Kier molecular flexibility index (Phi) is 4.31. The summed E-state index contributed by atoms with van der Waals surface area (Å²) >= 11 is 0. The van der Waals surface area contributed by atoms with Crippen molar-refractivity contribution in [1.29, 1.82) is 0 Å². The van der Waals surface area contributed by atoms with Gasteiger partial charge in [0, 0.05) is 7.11 Å². The highest BCUT2D eigenvalue weighted by molar-refractivity contribution is 5.70. The second kappa shape index (κ2) is 5.51. The van der Waals surface area contributed by atoms with Crippen LogP contribution in [0.3, 0.4) is 0 Å². The van der Waals surface area contributed by atoms with Gasteiger partial charge in [-0.2, -0.15) is 0 Å². The lowest BCUT2D eigenvalue weighted by Gasteiger charge is -2.11. The van der Waals surface area contributed by atoms with Crippen molar-refractivity contribution in [3.8, 4) is 0 Å². The lowest BCUT2D eigenvalue weighted by Crippen LogP contribution is -2.21. The Balaban J connectivity index is 2.65. The highest BCUT2D eigenvalue weighted by Crippen LogP contribution is 2.10. The van der Waals surface area contributed by atoms with E-state index in [1.807, 2.05) is 31.2 Å². The molecule has 0 saturated heterocycles. The van der Waals surface area contributed by atoms with E-state index in [0.717, 1.165) is 5.56 Å². The molecule has 0 bridgehead atoms. The molecule has 0 saturated carbocycles. The van der Waals surface area contributed by atoms with Crippen molar-refractivity contribution in [3.63, 3.8) is 0 Å². The zero-order chi connectivity index (χ0) is 11.3. The molecule has 1 aromatic carbocycles. The molecule has 0 aliphatic carbocycles. The standard InChI is InChI=1S/C12H16O3/c1-9-3-5-10(6-4-9)7-11(8-15-2)12(13)14/h3-6,11H,7-8H2,1-2H3,(H,13,14). The fraction of sp³-hybridized carbons (Fsp3) is 0.417. The third kappa shape index (κ3) is 3.72. The summed E-state index contributed by atoms with van der Waals surface area (Å²) in [5.74, 6) is -1.27. The van der Waals surface area contributed by atoms with Crippen molar-refractivity contribution in [2.75, 3.05) is 13.7 Å². The number of carbonyl (C=O) groups is 1. The van der Waals surface area contributed by atoms with Crippen LogP contribution in [0.15, 0.2) is 24.3 Å². The molecular formula is C12H16O3. The summed E-state index contributed by atoms with van der Waals surface area (Å²) in [4.78, 5) is 10.9. The number of hydrogen-bond donors (Lipinski definition) is 1. The SMILES string of the molecule is COCC(Cc1ccc(C)cc1)C(=O)O. The van der Waals surface area contributed by atoms with Gasteiger partial charge < -0.3 is 9.84 Å². The first-order valence-corrected chi connectivity index (χ1v) is 4.90. The molecule has 1 N–H and O–H groups in total. The maximum Gasteiger partial charge on any atom is 0.309 e. The summed E-state index contributed by atoms with van der Waals surface area (Å²) in [7, 11) is 1.52. The van der Waals surface area contributed by atoms with Crippen LogP contribution in [-0.2, 0) is 16.0 Å². The molecule has 3 heteroatoms. The summed E-state index contributed by atoms with van der Waals surface area (Å²) in [5, 5.41) is 8.94. The number of benzene rings is 1. The van der Waals surface area contributed by atoms with Crippen LogP contribution in [0.25, 0.3) is 0 Å². The number of hydrogen-bond acceptors (Lipinski definition) is 2. The van der Waals surface area contributed by atoms with Crippen LogP contribution in [-0.4, -0.2) is 24.8 Å². The van der Waals surface area contributed by atoms with Gasteiger partial charge in [0.2, 0.25) is 0 Å². The maximum absolute atomic E-state index is 10.9. The van der Waals surface area contributed by atoms with Crippen molar-refractivity contribution in [2.24, 2.45) is 5.92 Å². The van der Waals surface area contributed by atoms with Crippen LogP contribution in [0.2, 0.25) is 0 Å². The van der Waals surface area contributed by atoms with E-state index in [1.54, 1.807) is 0 Å². The molecule has 0 aromatic heterocycles. The van der Waals surface area contributed by atoms with Crippen molar-refractivity contribution in [3.05, 3.63) is 35.4 Å². The Morgan fingerprint density at radius 1 is 1.40 bits per heavy atom. The highest BCUT2D eigenvalue weighted by Gasteiger charge is 2.17. The molecule has 3 nitrogen and oxygen atoms in total. The number of carboxylic acids is 1. The fourth-order valence-electron chi connectivity index (χ4n) is 1.43. The topological polar surface area (TPSA) is 46.5 Å². The molecule has 0 heterocycles. The van der Waals surface area contributed by atoms with Crippen LogP contribution in [0, 0.1) is 12.8 Å². The summed E-state index contributed by atoms with van der Waals surface area (Å²) in [6.07, 6.45) is 0.517. The van der Waals surface area contributed by atoms with Crippen LogP contribution < -0.4 is 0 Å². The Labute approximate surface area is 89.7 Å². The van der Waals surface area contributed by atoms with Crippen molar-refractivity contribution in [1.82, 2.24) is 0 Å². The first-order chi connectivity index (χ1) is 7.13. The Bertz CT molecular complexity index is 316. The number of carboxylic acid groups (broad SMARTS) is 1. The molecule has 0 aliphatic heterocycles. The van der Waals surface area contributed by atoms with Crippen LogP contribution in [0.5, 0.6) is 0 Å². The highest BCUT2D eigenvalue weighted by atomic mass is 16.5.